The SMILES string of the molecule is CCNC(Cc1cccc(OC)c1)c1c(F)cccc1Cl. The summed E-state index contributed by atoms with van der Waals surface area (Å²) in [7, 11) is 1.63. The van der Waals surface area contributed by atoms with Gasteiger partial charge in [0.2, 0.25) is 0 Å². The van der Waals surface area contributed by atoms with Crippen LogP contribution in [-0.4, -0.2) is 13.7 Å². The van der Waals surface area contributed by atoms with Crippen molar-refractivity contribution in [2.45, 2.75) is 19.4 Å². The van der Waals surface area contributed by atoms with Crippen LogP contribution >= 0.6 is 11.6 Å². The second-order valence-corrected chi connectivity index (χ2v) is 5.21. The first-order chi connectivity index (χ1) is 10.2. The summed E-state index contributed by atoms with van der Waals surface area (Å²) in [4.78, 5) is 0. The minimum Gasteiger partial charge on any atom is -0.497 e. The average molecular weight is 308 g/mol. The lowest BCUT2D eigenvalue weighted by molar-refractivity contribution is 0.413. The van der Waals surface area contributed by atoms with Crippen molar-refractivity contribution in [1.82, 2.24) is 5.32 Å². The molecule has 112 valence electrons. The molecule has 0 aromatic heterocycles. The fourth-order valence-electron chi connectivity index (χ4n) is 2.40. The molecule has 21 heavy (non-hydrogen) atoms. The minimum absolute atomic E-state index is 0.171. The molecular formula is C17H19ClFNO. The number of hydrogen-bond acceptors (Lipinski definition) is 2. The van der Waals surface area contributed by atoms with Crippen molar-refractivity contribution in [3.8, 4) is 5.75 Å². The van der Waals surface area contributed by atoms with Gasteiger partial charge in [-0.15, -0.1) is 0 Å². The Morgan fingerprint density at radius 1 is 1.24 bits per heavy atom. The quantitative estimate of drug-likeness (QED) is 0.855. The number of rotatable bonds is 6. The average Bonchev–Trinajstić information content (AvgIpc) is 2.47. The smallest absolute Gasteiger partial charge is 0.129 e. The number of halogens is 2. The van der Waals surface area contributed by atoms with E-state index in [0.29, 0.717) is 17.0 Å². The van der Waals surface area contributed by atoms with Crippen molar-refractivity contribution in [2.24, 2.45) is 0 Å². The standard InChI is InChI=1S/C17H19ClFNO/c1-3-20-16(17-14(18)8-5-9-15(17)19)11-12-6-4-7-13(10-12)21-2/h4-10,16,20H,3,11H2,1-2H3. The van der Waals surface area contributed by atoms with Gasteiger partial charge < -0.3 is 10.1 Å². The van der Waals surface area contributed by atoms with Gasteiger partial charge in [0.05, 0.1) is 7.11 Å². The highest BCUT2D eigenvalue weighted by molar-refractivity contribution is 6.31. The first kappa shape index (κ1) is 15.8. The molecule has 0 spiro atoms. The predicted molar refractivity (Wildman–Crippen MR) is 84.5 cm³/mol. The van der Waals surface area contributed by atoms with Crippen LogP contribution < -0.4 is 10.1 Å². The van der Waals surface area contributed by atoms with Gasteiger partial charge in [0.25, 0.3) is 0 Å². The normalized spacial score (nSPS) is 12.2. The third-order valence-corrected chi connectivity index (χ3v) is 3.70. The highest BCUT2D eigenvalue weighted by Crippen LogP contribution is 2.29. The Labute approximate surface area is 129 Å². The van der Waals surface area contributed by atoms with Crippen LogP contribution in [0.3, 0.4) is 0 Å². The minimum atomic E-state index is -0.281. The number of ether oxygens (including phenoxy) is 1. The van der Waals surface area contributed by atoms with E-state index in [1.807, 2.05) is 31.2 Å². The monoisotopic (exact) mass is 307 g/mol. The van der Waals surface area contributed by atoms with Crippen LogP contribution in [-0.2, 0) is 6.42 Å². The highest BCUT2D eigenvalue weighted by atomic mass is 35.5. The second kappa shape index (κ2) is 7.43. The van der Waals surface area contributed by atoms with E-state index in [-0.39, 0.29) is 11.9 Å². The van der Waals surface area contributed by atoms with Crippen LogP contribution in [0, 0.1) is 5.82 Å². The summed E-state index contributed by atoms with van der Waals surface area (Å²) < 4.78 is 19.4. The maximum absolute atomic E-state index is 14.1. The Hall–Kier alpha value is -1.58. The van der Waals surface area contributed by atoms with Gasteiger partial charge in [0.15, 0.2) is 0 Å². The van der Waals surface area contributed by atoms with Gasteiger partial charge in [0.1, 0.15) is 11.6 Å². The Balaban J connectivity index is 2.30. The molecule has 0 saturated heterocycles. The molecule has 0 amide bonds. The second-order valence-electron chi connectivity index (χ2n) is 4.80. The first-order valence-electron chi connectivity index (χ1n) is 6.96. The molecule has 1 N–H and O–H groups in total. The lowest BCUT2D eigenvalue weighted by atomic mass is 9.98. The molecule has 2 nitrogen and oxygen atoms in total. The van der Waals surface area contributed by atoms with Crippen LogP contribution in [0.1, 0.15) is 24.1 Å². The maximum Gasteiger partial charge on any atom is 0.129 e. The molecule has 1 atom stereocenters. The zero-order valence-electron chi connectivity index (χ0n) is 12.2. The van der Waals surface area contributed by atoms with Gasteiger partial charge >= 0.3 is 0 Å². The lowest BCUT2D eigenvalue weighted by Gasteiger charge is -2.20. The number of likely N-dealkylation sites (N-methyl/N-ethyl adjacent to an activating group) is 1. The molecule has 0 aliphatic carbocycles. The molecular weight excluding hydrogens is 289 g/mol. The predicted octanol–water partition coefficient (Wildman–Crippen LogP) is 4.38. The molecule has 0 radical (unpaired) electrons. The van der Waals surface area contributed by atoms with Crippen LogP contribution in [0.25, 0.3) is 0 Å². The molecule has 0 aliphatic rings. The molecule has 2 aromatic rings. The molecule has 2 aromatic carbocycles. The van der Waals surface area contributed by atoms with Crippen molar-refractivity contribution in [3.63, 3.8) is 0 Å². The van der Waals surface area contributed by atoms with E-state index in [9.17, 15) is 4.39 Å². The topological polar surface area (TPSA) is 21.3 Å². The Morgan fingerprint density at radius 2 is 2.00 bits per heavy atom. The third kappa shape index (κ3) is 3.96. The Kier molecular flexibility index (Phi) is 5.59. The summed E-state index contributed by atoms with van der Waals surface area (Å²) in [6.45, 7) is 2.73. The summed E-state index contributed by atoms with van der Waals surface area (Å²) in [6.07, 6.45) is 0.645. The van der Waals surface area contributed by atoms with Gasteiger partial charge in [-0.05, 0) is 42.8 Å². The maximum atomic E-state index is 14.1. The van der Waals surface area contributed by atoms with Crippen molar-refractivity contribution < 1.29 is 9.13 Å². The fraction of sp³-hybridized carbons (Fsp3) is 0.294. The number of hydrogen-bond donors (Lipinski definition) is 1. The third-order valence-electron chi connectivity index (χ3n) is 3.37. The van der Waals surface area contributed by atoms with E-state index in [1.54, 1.807) is 19.2 Å². The van der Waals surface area contributed by atoms with Gasteiger partial charge in [-0.25, -0.2) is 4.39 Å². The number of benzene rings is 2. The van der Waals surface area contributed by atoms with E-state index < -0.39 is 0 Å². The van der Waals surface area contributed by atoms with Gasteiger partial charge in [-0.2, -0.15) is 0 Å². The van der Waals surface area contributed by atoms with Crippen LogP contribution in [0.15, 0.2) is 42.5 Å². The van der Waals surface area contributed by atoms with Gasteiger partial charge in [0, 0.05) is 16.6 Å². The Bertz CT molecular complexity index is 583. The van der Waals surface area contributed by atoms with E-state index >= 15 is 0 Å². The molecule has 0 heterocycles. The van der Waals surface area contributed by atoms with E-state index in [4.69, 9.17) is 16.3 Å². The summed E-state index contributed by atoms with van der Waals surface area (Å²) in [5, 5.41) is 3.75. The van der Waals surface area contributed by atoms with Crippen LogP contribution in [0.2, 0.25) is 5.02 Å². The molecule has 0 bridgehead atoms. The highest BCUT2D eigenvalue weighted by Gasteiger charge is 2.18. The van der Waals surface area contributed by atoms with Crippen molar-refractivity contribution >= 4 is 11.6 Å². The van der Waals surface area contributed by atoms with E-state index in [1.165, 1.54) is 6.07 Å². The van der Waals surface area contributed by atoms with Crippen LogP contribution in [0.5, 0.6) is 5.75 Å². The first-order valence-corrected chi connectivity index (χ1v) is 7.33. The summed E-state index contributed by atoms with van der Waals surface area (Å²) in [5.41, 5.74) is 1.59. The zero-order chi connectivity index (χ0) is 15.2. The van der Waals surface area contributed by atoms with Gasteiger partial charge in [-0.1, -0.05) is 36.7 Å². The molecule has 1 unspecified atom stereocenters. The number of methoxy groups -OCH3 is 1. The molecule has 2 rings (SSSR count). The van der Waals surface area contributed by atoms with Gasteiger partial charge in [-0.3, -0.25) is 0 Å². The molecule has 4 heteroatoms. The largest absolute Gasteiger partial charge is 0.497 e. The van der Waals surface area contributed by atoms with Crippen molar-refractivity contribution in [2.75, 3.05) is 13.7 Å². The zero-order valence-corrected chi connectivity index (χ0v) is 13.0. The summed E-state index contributed by atoms with van der Waals surface area (Å²) >= 11 is 6.18. The summed E-state index contributed by atoms with van der Waals surface area (Å²) in [5.74, 6) is 0.513. The van der Waals surface area contributed by atoms with Crippen molar-refractivity contribution in [1.29, 1.82) is 0 Å². The molecule has 0 aliphatic heterocycles. The van der Waals surface area contributed by atoms with Crippen molar-refractivity contribution in [3.05, 3.63) is 64.4 Å². The molecule has 0 fully saturated rings. The molecule has 0 saturated carbocycles. The fourth-order valence-corrected chi connectivity index (χ4v) is 2.70. The lowest BCUT2D eigenvalue weighted by Crippen LogP contribution is -2.24. The number of nitrogens with one attached hydrogen (secondary N) is 1. The summed E-state index contributed by atoms with van der Waals surface area (Å²) in [6, 6.07) is 12.4. The Morgan fingerprint density at radius 3 is 2.67 bits per heavy atom. The van der Waals surface area contributed by atoms with E-state index in [2.05, 4.69) is 5.32 Å². The van der Waals surface area contributed by atoms with Crippen LogP contribution in [0.4, 0.5) is 4.39 Å². The van der Waals surface area contributed by atoms with E-state index in [0.717, 1.165) is 17.9 Å².